The van der Waals surface area contributed by atoms with Gasteiger partial charge < -0.3 is 4.90 Å². The summed E-state index contributed by atoms with van der Waals surface area (Å²) in [4.78, 5) is 30.1. The van der Waals surface area contributed by atoms with Gasteiger partial charge in [0, 0.05) is 24.4 Å². The molecule has 4 heteroatoms. The lowest BCUT2D eigenvalue weighted by atomic mass is 9.68. The lowest BCUT2D eigenvalue weighted by Crippen LogP contribution is -2.43. The Hall–Kier alpha value is -1.42. The fourth-order valence-corrected chi connectivity index (χ4v) is 6.50. The molecule has 0 radical (unpaired) electrons. The summed E-state index contributed by atoms with van der Waals surface area (Å²) in [5.41, 5.74) is 0. The highest BCUT2D eigenvalue weighted by atomic mass is 16.1. The summed E-state index contributed by atoms with van der Waals surface area (Å²) in [6.07, 6.45) is 21.2. The van der Waals surface area contributed by atoms with Gasteiger partial charge in [0.15, 0.2) is 5.78 Å². The lowest BCUT2D eigenvalue weighted by molar-refractivity contribution is -0.127. The molecule has 2 aliphatic heterocycles. The van der Waals surface area contributed by atoms with E-state index in [1.54, 1.807) is 0 Å². The summed E-state index contributed by atoms with van der Waals surface area (Å²) in [7, 11) is 0. The molecule has 2 heterocycles. The third-order valence-corrected chi connectivity index (χ3v) is 8.66. The van der Waals surface area contributed by atoms with E-state index in [9.17, 15) is 9.59 Å². The third-order valence-electron chi connectivity index (χ3n) is 8.66. The molecule has 0 spiro atoms. The van der Waals surface area contributed by atoms with Crippen LogP contribution in [0.1, 0.15) is 77.6 Å². The largest absolute Gasteiger partial charge is 0.366 e. The third kappa shape index (κ3) is 6.09. The van der Waals surface area contributed by atoms with Gasteiger partial charge in [0.2, 0.25) is 0 Å². The zero-order valence-electron chi connectivity index (χ0n) is 19.5. The molecule has 1 atom stereocenters. The minimum absolute atomic E-state index is 0.264. The molecule has 1 unspecified atom stereocenters. The van der Waals surface area contributed by atoms with Gasteiger partial charge in [-0.15, -0.1) is 0 Å². The van der Waals surface area contributed by atoms with E-state index in [1.165, 1.54) is 44.9 Å². The number of allylic oxidation sites excluding steroid dienone is 2. The van der Waals surface area contributed by atoms with Gasteiger partial charge in [-0.25, -0.2) is 0 Å². The second-order valence-electron chi connectivity index (χ2n) is 10.7. The standard InChI is InChI=1S/C27H42N2O2/c1-21-7-3-6-18-29(21)20-27(31)25-14-10-23(11-15-25)22-8-12-24(13-9-22)26(30)19-28-16-4-2-5-17-28/h2,4-5,16,21-25H,3,6-15,17-20H2,1H3. The predicted molar refractivity (Wildman–Crippen MR) is 126 cm³/mol. The smallest absolute Gasteiger partial charge is 0.155 e. The van der Waals surface area contributed by atoms with Crippen LogP contribution >= 0.6 is 0 Å². The number of ketones is 2. The summed E-state index contributed by atoms with van der Waals surface area (Å²) in [6, 6.07) is 0.578. The van der Waals surface area contributed by atoms with Crippen LogP contribution in [0, 0.1) is 23.7 Å². The van der Waals surface area contributed by atoms with E-state index < -0.39 is 0 Å². The number of carbonyl (C=O) groups is 2. The van der Waals surface area contributed by atoms with Crippen LogP contribution in [0.2, 0.25) is 0 Å². The van der Waals surface area contributed by atoms with Gasteiger partial charge in [-0.1, -0.05) is 18.6 Å². The van der Waals surface area contributed by atoms with E-state index in [2.05, 4.69) is 22.8 Å². The molecule has 2 aliphatic carbocycles. The summed E-state index contributed by atoms with van der Waals surface area (Å²) in [5, 5.41) is 0. The van der Waals surface area contributed by atoms with E-state index in [0.29, 0.717) is 36.6 Å². The molecule has 172 valence electrons. The van der Waals surface area contributed by atoms with E-state index >= 15 is 0 Å². The van der Waals surface area contributed by atoms with Crippen LogP contribution in [0.15, 0.2) is 24.4 Å². The molecule has 0 bridgehead atoms. The molecule has 4 rings (SSSR count). The number of likely N-dealkylation sites (tertiary alicyclic amines) is 1. The molecular formula is C27H42N2O2. The van der Waals surface area contributed by atoms with Gasteiger partial charge in [-0.3, -0.25) is 14.5 Å². The van der Waals surface area contributed by atoms with Crippen LogP contribution in [-0.4, -0.2) is 53.6 Å². The Bertz CT molecular complexity index is 669. The highest BCUT2D eigenvalue weighted by molar-refractivity contribution is 5.83. The topological polar surface area (TPSA) is 40.6 Å². The highest BCUT2D eigenvalue weighted by Gasteiger charge is 2.35. The molecular weight excluding hydrogens is 384 g/mol. The van der Waals surface area contributed by atoms with Crippen LogP contribution in [-0.2, 0) is 9.59 Å². The molecule has 31 heavy (non-hydrogen) atoms. The average Bonchev–Trinajstić information content (AvgIpc) is 2.81. The normalized spacial score (nSPS) is 34.6. The Morgan fingerprint density at radius 3 is 1.94 bits per heavy atom. The fraction of sp³-hybridized carbons (Fsp3) is 0.778. The van der Waals surface area contributed by atoms with Crippen molar-refractivity contribution in [3.8, 4) is 0 Å². The van der Waals surface area contributed by atoms with Crippen LogP contribution in [0.4, 0.5) is 0 Å². The molecule has 1 saturated heterocycles. The zero-order chi connectivity index (χ0) is 21.6. The molecule has 0 aromatic carbocycles. The number of piperidine rings is 1. The Labute approximate surface area is 189 Å². The maximum Gasteiger partial charge on any atom is 0.155 e. The molecule has 0 aromatic heterocycles. The van der Waals surface area contributed by atoms with Crippen molar-refractivity contribution >= 4 is 11.6 Å². The van der Waals surface area contributed by atoms with E-state index in [-0.39, 0.29) is 5.92 Å². The first-order valence-corrected chi connectivity index (χ1v) is 13.0. The average molecular weight is 427 g/mol. The number of hydrogen-bond donors (Lipinski definition) is 0. The predicted octanol–water partition coefficient (Wildman–Crippen LogP) is 5.00. The second kappa shape index (κ2) is 10.9. The number of Topliss-reactive ketones (excluding diaryl/α,β-unsaturated/α-hetero) is 2. The molecule has 0 amide bonds. The Balaban J connectivity index is 1.16. The second-order valence-corrected chi connectivity index (χ2v) is 10.7. The zero-order valence-corrected chi connectivity index (χ0v) is 19.5. The van der Waals surface area contributed by atoms with Crippen molar-refractivity contribution < 1.29 is 9.59 Å². The first-order chi connectivity index (χ1) is 15.1. The summed E-state index contributed by atoms with van der Waals surface area (Å²) in [5.74, 6) is 3.06. The van der Waals surface area contributed by atoms with Crippen LogP contribution < -0.4 is 0 Å². The minimum Gasteiger partial charge on any atom is -0.366 e. The Morgan fingerprint density at radius 2 is 1.39 bits per heavy atom. The van der Waals surface area contributed by atoms with Crippen molar-refractivity contribution in [2.24, 2.45) is 23.7 Å². The van der Waals surface area contributed by atoms with Crippen molar-refractivity contribution in [3.05, 3.63) is 24.4 Å². The number of carbonyl (C=O) groups excluding carboxylic acids is 2. The van der Waals surface area contributed by atoms with E-state index in [0.717, 1.165) is 50.6 Å². The van der Waals surface area contributed by atoms with Crippen molar-refractivity contribution in [1.82, 2.24) is 9.80 Å². The van der Waals surface area contributed by atoms with Gasteiger partial charge in [0.25, 0.3) is 0 Å². The number of nitrogens with zero attached hydrogens (tertiary/aromatic N) is 2. The lowest BCUT2D eigenvalue weighted by Gasteiger charge is -2.38. The van der Waals surface area contributed by atoms with Crippen molar-refractivity contribution in [1.29, 1.82) is 0 Å². The molecule has 3 fully saturated rings. The number of rotatable bonds is 7. The van der Waals surface area contributed by atoms with Crippen LogP contribution in [0.25, 0.3) is 0 Å². The van der Waals surface area contributed by atoms with Gasteiger partial charge in [-0.05, 0) is 102 Å². The van der Waals surface area contributed by atoms with Crippen molar-refractivity contribution in [2.45, 2.75) is 83.6 Å². The molecule has 2 saturated carbocycles. The number of hydrogen-bond acceptors (Lipinski definition) is 4. The molecule has 0 N–H and O–H groups in total. The van der Waals surface area contributed by atoms with E-state index in [1.807, 2.05) is 18.4 Å². The maximum absolute atomic E-state index is 12.9. The van der Waals surface area contributed by atoms with Crippen LogP contribution in [0.5, 0.6) is 0 Å². The quantitative estimate of drug-likeness (QED) is 0.575. The van der Waals surface area contributed by atoms with Crippen molar-refractivity contribution in [2.75, 3.05) is 26.2 Å². The first kappa shape index (κ1) is 22.8. The summed E-state index contributed by atoms with van der Waals surface area (Å²) >= 11 is 0. The van der Waals surface area contributed by atoms with Gasteiger partial charge in [0.05, 0.1) is 13.1 Å². The van der Waals surface area contributed by atoms with Gasteiger partial charge >= 0.3 is 0 Å². The van der Waals surface area contributed by atoms with E-state index in [4.69, 9.17) is 0 Å². The molecule has 0 aromatic rings. The highest BCUT2D eigenvalue weighted by Crippen LogP contribution is 2.42. The van der Waals surface area contributed by atoms with Crippen LogP contribution in [0.3, 0.4) is 0 Å². The first-order valence-electron chi connectivity index (χ1n) is 13.0. The van der Waals surface area contributed by atoms with Gasteiger partial charge in [-0.2, -0.15) is 0 Å². The monoisotopic (exact) mass is 426 g/mol. The van der Waals surface area contributed by atoms with Crippen molar-refractivity contribution in [3.63, 3.8) is 0 Å². The molecule has 4 aliphatic rings. The Morgan fingerprint density at radius 1 is 0.774 bits per heavy atom. The minimum atomic E-state index is 0.264. The maximum atomic E-state index is 12.9. The molecule has 4 nitrogen and oxygen atoms in total. The summed E-state index contributed by atoms with van der Waals surface area (Å²) < 4.78 is 0. The SMILES string of the molecule is CC1CCCCN1CC(=O)C1CCC(C2CCC(C(=O)CN3C=CC=CC3)CC2)CC1. The van der Waals surface area contributed by atoms with Gasteiger partial charge in [0.1, 0.15) is 5.78 Å². The fourth-order valence-electron chi connectivity index (χ4n) is 6.50. The Kier molecular flexibility index (Phi) is 8.03. The summed E-state index contributed by atoms with van der Waals surface area (Å²) in [6.45, 7) is 5.50.